The molecule has 0 heterocycles. The first-order valence-corrected chi connectivity index (χ1v) is 3.87. The zero-order valence-electron chi connectivity index (χ0n) is 7.29. The summed E-state index contributed by atoms with van der Waals surface area (Å²) in [6, 6.07) is 3.90. The predicted octanol–water partition coefficient (Wildman–Crippen LogP) is 0.698. The van der Waals surface area contributed by atoms with Crippen molar-refractivity contribution >= 4 is 0 Å². The molecule has 0 saturated carbocycles. The molecule has 0 aliphatic carbocycles. The number of aliphatic hydroxyl groups excluding tert-OH is 1. The van der Waals surface area contributed by atoms with Crippen molar-refractivity contribution in [2.75, 3.05) is 6.61 Å². The van der Waals surface area contributed by atoms with Gasteiger partial charge in [0, 0.05) is 0 Å². The molecule has 0 aliphatic heterocycles. The van der Waals surface area contributed by atoms with Gasteiger partial charge in [-0.3, -0.25) is 0 Å². The summed E-state index contributed by atoms with van der Waals surface area (Å²) in [6.45, 7) is 1.02. The standard InChI is InChI=1S/C9H12FNO2/c1-9(11,5-12)8-6(10)3-2-4-7(8)13/h2-4,12-13H,5,11H2,1H3/t9-/m1/s1. The first-order valence-electron chi connectivity index (χ1n) is 3.87. The van der Waals surface area contributed by atoms with Gasteiger partial charge in [-0.1, -0.05) is 6.07 Å². The highest BCUT2D eigenvalue weighted by atomic mass is 19.1. The number of hydrogen-bond acceptors (Lipinski definition) is 3. The van der Waals surface area contributed by atoms with E-state index >= 15 is 0 Å². The fourth-order valence-corrected chi connectivity index (χ4v) is 1.16. The van der Waals surface area contributed by atoms with E-state index in [1.165, 1.54) is 25.1 Å². The molecule has 0 aliphatic rings. The molecule has 1 aromatic carbocycles. The number of hydrogen-bond donors (Lipinski definition) is 3. The third-order valence-corrected chi connectivity index (χ3v) is 1.89. The van der Waals surface area contributed by atoms with E-state index in [9.17, 15) is 9.50 Å². The molecular formula is C9H12FNO2. The normalized spacial score (nSPS) is 15.4. The smallest absolute Gasteiger partial charge is 0.132 e. The molecule has 0 unspecified atom stereocenters. The summed E-state index contributed by atoms with van der Waals surface area (Å²) in [4.78, 5) is 0. The fourth-order valence-electron chi connectivity index (χ4n) is 1.16. The molecule has 3 nitrogen and oxygen atoms in total. The number of rotatable bonds is 2. The van der Waals surface area contributed by atoms with Crippen molar-refractivity contribution in [1.82, 2.24) is 0 Å². The van der Waals surface area contributed by atoms with Crippen LogP contribution in [0.5, 0.6) is 5.75 Å². The van der Waals surface area contributed by atoms with Crippen LogP contribution in [0.3, 0.4) is 0 Å². The quantitative estimate of drug-likeness (QED) is 0.635. The summed E-state index contributed by atoms with van der Waals surface area (Å²) in [6.07, 6.45) is 0. The van der Waals surface area contributed by atoms with E-state index in [1.807, 2.05) is 0 Å². The van der Waals surface area contributed by atoms with Gasteiger partial charge in [-0.2, -0.15) is 0 Å². The Balaban J connectivity index is 3.28. The van der Waals surface area contributed by atoms with Gasteiger partial charge in [-0.25, -0.2) is 4.39 Å². The van der Waals surface area contributed by atoms with Gasteiger partial charge in [0.2, 0.25) is 0 Å². The summed E-state index contributed by atoms with van der Waals surface area (Å²) in [5.74, 6) is -0.849. The highest BCUT2D eigenvalue weighted by Gasteiger charge is 2.26. The maximum atomic E-state index is 13.2. The van der Waals surface area contributed by atoms with Crippen LogP contribution in [-0.2, 0) is 5.54 Å². The Morgan fingerprint density at radius 2 is 2.15 bits per heavy atom. The van der Waals surface area contributed by atoms with Crippen molar-refractivity contribution in [3.05, 3.63) is 29.6 Å². The van der Waals surface area contributed by atoms with Gasteiger partial charge in [-0.05, 0) is 19.1 Å². The third-order valence-electron chi connectivity index (χ3n) is 1.89. The molecule has 0 saturated heterocycles. The summed E-state index contributed by atoms with van der Waals surface area (Å²) >= 11 is 0. The second-order valence-corrected chi connectivity index (χ2v) is 3.21. The first kappa shape index (κ1) is 9.95. The van der Waals surface area contributed by atoms with Crippen molar-refractivity contribution < 1.29 is 14.6 Å². The van der Waals surface area contributed by atoms with Crippen molar-refractivity contribution in [1.29, 1.82) is 0 Å². The Kier molecular flexibility index (Phi) is 2.54. The molecule has 0 bridgehead atoms. The molecule has 0 fully saturated rings. The lowest BCUT2D eigenvalue weighted by molar-refractivity contribution is 0.203. The van der Waals surface area contributed by atoms with Crippen LogP contribution in [-0.4, -0.2) is 16.8 Å². The zero-order valence-corrected chi connectivity index (χ0v) is 7.29. The van der Waals surface area contributed by atoms with Crippen LogP contribution in [0.1, 0.15) is 12.5 Å². The van der Waals surface area contributed by atoms with E-state index in [4.69, 9.17) is 10.8 Å². The topological polar surface area (TPSA) is 66.5 Å². The van der Waals surface area contributed by atoms with Gasteiger partial charge in [0.05, 0.1) is 17.7 Å². The highest BCUT2D eigenvalue weighted by molar-refractivity contribution is 5.38. The van der Waals surface area contributed by atoms with E-state index in [0.29, 0.717) is 0 Å². The Labute approximate surface area is 75.6 Å². The molecule has 0 spiro atoms. The van der Waals surface area contributed by atoms with Crippen molar-refractivity contribution in [3.63, 3.8) is 0 Å². The van der Waals surface area contributed by atoms with Gasteiger partial charge in [-0.15, -0.1) is 0 Å². The van der Waals surface area contributed by atoms with Crippen molar-refractivity contribution in [2.45, 2.75) is 12.5 Å². The van der Waals surface area contributed by atoms with Gasteiger partial charge < -0.3 is 15.9 Å². The summed E-state index contributed by atoms with van der Waals surface area (Å²) in [5, 5.41) is 18.2. The lowest BCUT2D eigenvalue weighted by atomic mass is 9.93. The maximum Gasteiger partial charge on any atom is 0.132 e. The Hall–Kier alpha value is -1.13. The molecular weight excluding hydrogens is 173 g/mol. The predicted molar refractivity (Wildman–Crippen MR) is 46.7 cm³/mol. The highest BCUT2D eigenvalue weighted by Crippen LogP contribution is 2.29. The number of benzene rings is 1. The third kappa shape index (κ3) is 1.79. The minimum Gasteiger partial charge on any atom is -0.507 e. The van der Waals surface area contributed by atoms with Crippen LogP contribution in [0.25, 0.3) is 0 Å². The number of phenols is 1. The second-order valence-electron chi connectivity index (χ2n) is 3.21. The lowest BCUT2D eigenvalue weighted by Gasteiger charge is -2.23. The number of aromatic hydroxyl groups is 1. The lowest BCUT2D eigenvalue weighted by Crippen LogP contribution is -2.37. The second kappa shape index (κ2) is 3.32. The van der Waals surface area contributed by atoms with Crippen LogP contribution in [0.15, 0.2) is 18.2 Å². The van der Waals surface area contributed by atoms with Crippen LogP contribution >= 0.6 is 0 Å². The van der Waals surface area contributed by atoms with Gasteiger partial charge in [0.15, 0.2) is 0 Å². The average molecular weight is 185 g/mol. The summed E-state index contributed by atoms with van der Waals surface area (Å²) in [5.41, 5.74) is 4.28. The molecule has 72 valence electrons. The van der Waals surface area contributed by atoms with Crippen LogP contribution in [0.4, 0.5) is 4.39 Å². The molecule has 0 radical (unpaired) electrons. The first-order chi connectivity index (χ1) is 5.99. The van der Waals surface area contributed by atoms with Crippen molar-refractivity contribution in [2.24, 2.45) is 5.73 Å². The fraction of sp³-hybridized carbons (Fsp3) is 0.333. The average Bonchev–Trinajstić information content (AvgIpc) is 2.03. The van der Waals surface area contributed by atoms with E-state index < -0.39 is 18.0 Å². The monoisotopic (exact) mass is 185 g/mol. The molecule has 1 rings (SSSR count). The number of aliphatic hydroxyl groups is 1. The largest absolute Gasteiger partial charge is 0.507 e. The minimum absolute atomic E-state index is 0.0579. The molecule has 1 atom stereocenters. The van der Waals surface area contributed by atoms with E-state index in [2.05, 4.69) is 0 Å². The van der Waals surface area contributed by atoms with Gasteiger partial charge >= 0.3 is 0 Å². The molecule has 4 N–H and O–H groups in total. The van der Waals surface area contributed by atoms with Crippen LogP contribution < -0.4 is 5.73 Å². The SMILES string of the molecule is C[C@@](N)(CO)c1c(O)cccc1F. The molecule has 4 heteroatoms. The molecule has 0 amide bonds. The van der Waals surface area contributed by atoms with E-state index in [-0.39, 0.29) is 11.3 Å². The van der Waals surface area contributed by atoms with Crippen LogP contribution in [0, 0.1) is 5.82 Å². The molecule has 0 aromatic heterocycles. The number of halogens is 1. The maximum absolute atomic E-state index is 13.2. The van der Waals surface area contributed by atoms with Crippen molar-refractivity contribution in [3.8, 4) is 5.75 Å². The Morgan fingerprint density at radius 3 is 2.62 bits per heavy atom. The van der Waals surface area contributed by atoms with Crippen LogP contribution in [0.2, 0.25) is 0 Å². The summed E-state index contributed by atoms with van der Waals surface area (Å²) < 4.78 is 13.2. The Morgan fingerprint density at radius 1 is 1.54 bits per heavy atom. The molecule has 13 heavy (non-hydrogen) atoms. The van der Waals surface area contributed by atoms with E-state index in [0.717, 1.165) is 0 Å². The molecule has 1 aromatic rings. The van der Waals surface area contributed by atoms with E-state index in [1.54, 1.807) is 0 Å². The zero-order chi connectivity index (χ0) is 10.1. The number of nitrogens with two attached hydrogens (primary N) is 1. The summed E-state index contributed by atoms with van der Waals surface area (Å²) in [7, 11) is 0. The number of phenolic OH excluding ortho intramolecular Hbond substituents is 1. The minimum atomic E-state index is -1.25. The van der Waals surface area contributed by atoms with Gasteiger partial charge in [0.1, 0.15) is 11.6 Å². The Bertz CT molecular complexity index is 292. The van der Waals surface area contributed by atoms with Gasteiger partial charge in [0.25, 0.3) is 0 Å².